The van der Waals surface area contributed by atoms with Crippen LogP contribution in [0.5, 0.6) is 0 Å². The molecule has 0 atom stereocenters. The Labute approximate surface area is 221 Å². The van der Waals surface area contributed by atoms with Crippen molar-refractivity contribution in [1.82, 2.24) is 14.5 Å². The predicted molar refractivity (Wildman–Crippen MR) is 140 cm³/mol. The molecule has 0 N–H and O–H groups in total. The molecule has 4 aromatic rings. The highest BCUT2D eigenvalue weighted by atomic mass is 35.5. The Kier molecular flexibility index (Phi) is 6.82. The lowest BCUT2D eigenvalue weighted by atomic mass is 10.1. The average Bonchev–Trinajstić information content (AvgIpc) is 3.13. The lowest BCUT2D eigenvalue weighted by Crippen LogP contribution is -2.27. The molecule has 0 radical (unpaired) electrons. The van der Waals surface area contributed by atoms with Gasteiger partial charge in [0.05, 0.1) is 32.3 Å². The SMILES string of the molecule is C=Cc1ccc2cc(S(=O)(=O)CC)c(-c3c(Cl)c4ncc(C(F)(F)F)cc4n3C(=O)OC(C)(C)C)nc2c1. The maximum absolute atomic E-state index is 13.6. The fourth-order valence-electron chi connectivity index (χ4n) is 3.84. The lowest BCUT2D eigenvalue weighted by molar-refractivity contribution is -0.137. The molecule has 1 aromatic carbocycles. The van der Waals surface area contributed by atoms with E-state index in [9.17, 15) is 26.4 Å². The Hall–Kier alpha value is -3.44. The van der Waals surface area contributed by atoms with Crippen LogP contribution in [-0.4, -0.2) is 40.4 Å². The second-order valence-electron chi connectivity index (χ2n) is 9.46. The number of carbonyl (C=O) groups is 1. The van der Waals surface area contributed by atoms with Crippen LogP contribution in [0.15, 0.2) is 48.0 Å². The number of alkyl halides is 3. The first-order valence-corrected chi connectivity index (χ1v) is 13.4. The van der Waals surface area contributed by atoms with Gasteiger partial charge in [-0.1, -0.05) is 43.3 Å². The second kappa shape index (κ2) is 9.39. The molecule has 3 heterocycles. The van der Waals surface area contributed by atoms with Gasteiger partial charge in [0, 0.05) is 11.6 Å². The van der Waals surface area contributed by atoms with E-state index in [0.29, 0.717) is 28.7 Å². The minimum absolute atomic E-state index is 0.151. The molecule has 4 rings (SSSR count). The van der Waals surface area contributed by atoms with Gasteiger partial charge in [-0.25, -0.2) is 22.8 Å². The number of pyridine rings is 2. The van der Waals surface area contributed by atoms with Crippen molar-refractivity contribution in [1.29, 1.82) is 0 Å². The third kappa shape index (κ3) is 5.00. The highest BCUT2D eigenvalue weighted by Crippen LogP contribution is 2.42. The summed E-state index contributed by atoms with van der Waals surface area (Å²) in [7, 11) is -3.95. The van der Waals surface area contributed by atoms with E-state index in [0.717, 1.165) is 4.57 Å². The van der Waals surface area contributed by atoms with Crippen molar-refractivity contribution in [2.24, 2.45) is 0 Å². The Bertz CT molecular complexity index is 1720. The zero-order valence-electron chi connectivity index (χ0n) is 20.9. The number of carbonyl (C=O) groups excluding carboxylic acids is 1. The molecule has 0 amide bonds. The zero-order chi connectivity index (χ0) is 28.2. The van der Waals surface area contributed by atoms with Gasteiger partial charge in [-0.2, -0.15) is 13.2 Å². The number of sulfone groups is 1. The first kappa shape index (κ1) is 27.6. The van der Waals surface area contributed by atoms with Crippen LogP contribution < -0.4 is 0 Å². The molecule has 3 aromatic heterocycles. The van der Waals surface area contributed by atoms with Crippen LogP contribution in [0, 0.1) is 0 Å². The maximum atomic E-state index is 13.6. The highest BCUT2D eigenvalue weighted by molar-refractivity contribution is 7.91. The summed E-state index contributed by atoms with van der Waals surface area (Å²) in [6.07, 6.45) is -3.68. The van der Waals surface area contributed by atoms with Crippen LogP contribution in [0.3, 0.4) is 0 Å². The van der Waals surface area contributed by atoms with Gasteiger partial charge in [-0.15, -0.1) is 0 Å². The molecule has 0 saturated carbocycles. The Balaban J connectivity index is 2.19. The first-order chi connectivity index (χ1) is 17.6. The second-order valence-corrected chi connectivity index (χ2v) is 12.1. The van der Waals surface area contributed by atoms with Crippen LogP contribution in [0.4, 0.5) is 18.0 Å². The van der Waals surface area contributed by atoms with Crippen molar-refractivity contribution in [2.75, 3.05) is 5.75 Å². The topological polar surface area (TPSA) is 91.2 Å². The summed E-state index contributed by atoms with van der Waals surface area (Å²) in [4.78, 5) is 21.6. The number of benzene rings is 1. The molecule has 0 aliphatic heterocycles. The molecule has 38 heavy (non-hydrogen) atoms. The van der Waals surface area contributed by atoms with Crippen molar-refractivity contribution in [3.05, 3.63) is 59.3 Å². The van der Waals surface area contributed by atoms with E-state index >= 15 is 0 Å². The van der Waals surface area contributed by atoms with Crippen LogP contribution in [0.1, 0.15) is 38.8 Å². The molecule has 0 aliphatic rings. The molecule has 200 valence electrons. The number of ether oxygens (including phenoxy) is 1. The first-order valence-electron chi connectivity index (χ1n) is 11.4. The molecule has 0 saturated heterocycles. The van der Waals surface area contributed by atoms with Crippen LogP contribution in [0.25, 0.3) is 39.4 Å². The minimum Gasteiger partial charge on any atom is -0.443 e. The number of fused-ring (bicyclic) bond motifs is 2. The smallest absolute Gasteiger partial charge is 0.419 e. The van der Waals surface area contributed by atoms with Crippen molar-refractivity contribution in [3.63, 3.8) is 0 Å². The van der Waals surface area contributed by atoms with E-state index in [1.165, 1.54) is 13.0 Å². The number of hydrogen-bond donors (Lipinski definition) is 0. The normalized spacial score (nSPS) is 12.7. The Morgan fingerprint density at radius 2 is 1.87 bits per heavy atom. The highest BCUT2D eigenvalue weighted by Gasteiger charge is 2.35. The van der Waals surface area contributed by atoms with Gasteiger partial charge in [0.1, 0.15) is 22.5 Å². The fraction of sp³-hybridized carbons (Fsp3) is 0.269. The predicted octanol–water partition coefficient (Wildman–Crippen LogP) is 7.14. The summed E-state index contributed by atoms with van der Waals surface area (Å²) >= 11 is 6.63. The van der Waals surface area contributed by atoms with Crippen molar-refractivity contribution >= 4 is 55.5 Å². The van der Waals surface area contributed by atoms with Gasteiger partial charge in [-0.05, 0) is 44.5 Å². The third-order valence-corrected chi connectivity index (χ3v) is 7.73. The number of halogens is 4. The van der Waals surface area contributed by atoms with Gasteiger partial charge < -0.3 is 4.74 Å². The van der Waals surface area contributed by atoms with Crippen molar-refractivity contribution < 1.29 is 31.1 Å². The van der Waals surface area contributed by atoms with E-state index in [4.69, 9.17) is 16.3 Å². The number of aromatic nitrogens is 3. The van der Waals surface area contributed by atoms with Gasteiger partial charge in [-0.3, -0.25) is 4.98 Å². The summed E-state index contributed by atoms with van der Waals surface area (Å²) < 4.78 is 73.4. The molecule has 0 bridgehead atoms. The molecule has 7 nitrogen and oxygen atoms in total. The zero-order valence-corrected chi connectivity index (χ0v) is 22.4. The van der Waals surface area contributed by atoms with E-state index < -0.39 is 33.3 Å². The summed E-state index contributed by atoms with van der Waals surface area (Å²) in [5.41, 5.74) is -2.05. The van der Waals surface area contributed by atoms with E-state index in [2.05, 4.69) is 16.5 Å². The maximum Gasteiger partial charge on any atom is 0.419 e. The van der Waals surface area contributed by atoms with Crippen LogP contribution in [0.2, 0.25) is 5.02 Å². The largest absolute Gasteiger partial charge is 0.443 e. The number of nitrogens with zero attached hydrogens (tertiary/aromatic N) is 3. The fourth-order valence-corrected chi connectivity index (χ4v) is 5.21. The van der Waals surface area contributed by atoms with Gasteiger partial charge >= 0.3 is 12.3 Å². The standard InChI is InChI=1S/C26H23ClF3N3O4S/c1-6-14-8-9-15-11-19(38(35,36)7-2)22(32-17(15)10-14)23-20(27)21-18(12-16(13-31-21)26(28,29)30)33(23)24(34)37-25(3,4)5/h6,8-13H,1,7H2,2-5H3. The molecule has 12 heteroatoms. The Morgan fingerprint density at radius 1 is 1.18 bits per heavy atom. The van der Waals surface area contributed by atoms with E-state index in [1.54, 1.807) is 45.0 Å². The third-order valence-electron chi connectivity index (χ3n) is 5.63. The monoisotopic (exact) mass is 565 g/mol. The van der Waals surface area contributed by atoms with Crippen LogP contribution in [-0.2, 0) is 20.8 Å². The van der Waals surface area contributed by atoms with E-state index in [1.807, 2.05) is 0 Å². The van der Waals surface area contributed by atoms with E-state index in [-0.39, 0.29) is 38.1 Å². The minimum atomic E-state index is -4.77. The van der Waals surface area contributed by atoms with Crippen LogP contribution >= 0.6 is 11.6 Å². The van der Waals surface area contributed by atoms with Gasteiger partial charge in [0.2, 0.25) is 0 Å². The van der Waals surface area contributed by atoms with Gasteiger partial charge in [0.25, 0.3) is 0 Å². The lowest BCUT2D eigenvalue weighted by Gasteiger charge is -2.21. The average molecular weight is 566 g/mol. The molecular weight excluding hydrogens is 543 g/mol. The van der Waals surface area contributed by atoms with Crippen molar-refractivity contribution in [3.8, 4) is 11.4 Å². The summed E-state index contributed by atoms with van der Waals surface area (Å²) in [6, 6.07) is 7.16. The summed E-state index contributed by atoms with van der Waals surface area (Å²) in [5.74, 6) is -0.307. The Morgan fingerprint density at radius 3 is 2.45 bits per heavy atom. The number of rotatable bonds is 4. The summed E-state index contributed by atoms with van der Waals surface area (Å²) in [6.45, 7) is 9.89. The van der Waals surface area contributed by atoms with Gasteiger partial charge in [0.15, 0.2) is 9.84 Å². The molecule has 0 fully saturated rings. The molecular formula is C26H23ClF3N3O4S. The van der Waals surface area contributed by atoms with Crippen molar-refractivity contribution in [2.45, 2.75) is 44.4 Å². The molecule has 0 aliphatic carbocycles. The molecule has 0 unspecified atom stereocenters. The quantitative estimate of drug-likeness (QED) is 0.261. The number of hydrogen-bond acceptors (Lipinski definition) is 6. The summed E-state index contributed by atoms with van der Waals surface area (Å²) in [5, 5.41) is 0.235. The molecule has 0 spiro atoms.